The van der Waals surface area contributed by atoms with E-state index in [1.807, 2.05) is 7.05 Å². The Hall–Kier alpha value is -1.20. The molecule has 1 saturated heterocycles. The molecule has 1 aromatic carbocycles. The summed E-state index contributed by atoms with van der Waals surface area (Å²) in [5, 5.41) is 3.58. The number of thioether (sulfide) groups is 1. The Labute approximate surface area is 150 Å². The van der Waals surface area contributed by atoms with Crippen molar-refractivity contribution in [1.29, 1.82) is 0 Å². The first kappa shape index (κ1) is 17.6. The van der Waals surface area contributed by atoms with Gasteiger partial charge in [-0.15, -0.1) is 11.8 Å². The maximum atomic E-state index is 4.46. The standard InChI is InChI=1S/C19H30N4S/c1-20-19(21-12-16-10-11-23(14-16)17-6-7-17)22(2)13-15-4-8-18(24-3)9-5-15/h4-5,8-9,16-17H,6-7,10-14H2,1-3H3,(H,20,21). The smallest absolute Gasteiger partial charge is 0.193 e. The van der Waals surface area contributed by atoms with E-state index >= 15 is 0 Å². The van der Waals surface area contributed by atoms with Crippen molar-refractivity contribution in [3.05, 3.63) is 29.8 Å². The van der Waals surface area contributed by atoms with Crippen LogP contribution >= 0.6 is 11.8 Å². The molecule has 1 aliphatic heterocycles. The van der Waals surface area contributed by atoms with Crippen LogP contribution in [0.5, 0.6) is 0 Å². The number of aliphatic imine (C=N–C) groups is 1. The van der Waals surface area contributed by atoms with Crippen LogP contribution in [-0.2, 0) is 6.54 Å². The number of hydrogen-bond acceptors (Lipinski definition) is 3. The maximum absolute atomic E-state index is 4.46. The lowest BCUT2D eigenvalue weighted by molar-refractivity contribution is 0.313. The van der Waals surface area contributed by atoms with E-state index in [1.54, 1.807) is 11.8 Å². The zero-order valence-electron chi connectivity index (χ0n) is 15.2. The fraction of sp³-hybridized carbons (Fsp3) is 0.632. The number of guanidine groups is 1. The van der Waals surface area contributed by atoms with Crippen LogP contribution < -0.4 is 5.32 Å². The van der Waals surface area contributed by atoms with Crippen molar-refractivity contribution in [3.8, 4) is 0 Å². The van der Waals surface area contributed by atoms with E-state index in [2.05, 4.69) is 57.7 Å². The zero-order valence-corrected chi connectivity index (χ0v) is 16.0. The minimum absolute atomic E-state index is 0.761. The van der Waals surface area contributed by atoms with E-state index in [-0.39, 0.29) is 0 Å². The predicted molar refractivity (Wildman–Crippen MR) is 104 cm³/mol. The molecule has 3 rings (SSSR count). The number of nitrogens with zero attached hydrogens (tertiary/aromatic N) is 3. The van der Waals surface area contributed by atoms with Crippen LogP contribution in [0.25, 0.3) is 0 Å². The Kier molecular flexibility index (Phi) is 6.06. The molecule has 1 aliphatic carbocycles. The molecule has 1 N–H and O–H groups in total. The van der Waals surface area contributed by atoms with E-state index in [0.29, 0.717) is 0 Å². The first-order valence-corrected chi connectivity index (χ1v) is 10.2. The van der Waals surface area contributed by atoms with Crippen molar-refractivity contribution in [2.24, 2.45) is 10.9 Å². The van der Waals surface area contributed by atoms with Gasteiger partial charge in [-0.05, 0) is 55.7 Å². The molecule has 4 nitrogen and oxygen atoms in total. The third kappa shape index (κ3) is 4.67. The van der Waals surface area contributed by atoms with E-state index in [0.717, 1.165) is 31.0 Å². The van der Waals surface area contributed by atoms with Gasteiger partial charge in [-0.25, -0.2) is 0 Å². The molecule has 0 amide bonds. The highest BCUT2D eigenvalue weighted by molar-refractivity contribution is 7.98. The second-order valence-corrected chi connectivity index (χ2v) is 7.89. The van der Waals surface area contributed by atoms with Crippen molar-refractivity contribution in [2.75, 3.05) is 40.0 Å². The summed E-state index contributed by atoms with van der Waals surface area (Å²) in [6.45, 7) is 4.46. The first-order chi connectivity index (χ1) is 11.7. The van der Waals surface area contributed by atoms with Crippen LogP contribution in [0.2, 0.25) is 0 Å². The van der Waals surface area contributed by atoms with Gasteiger partial charge in [0.2, 0.25) is 0 Å². The number of nitrogens with one attached hydrogen (secondary N) is 1. The summed E-state index contributed by atoms with van der Waals surface area (Å²) in [7, 11) is 3.99. The first-order valence-electron chi connectivity index (χ1n) is 8.98. The lowest BCUT2D eigenvalue weighted by Crippen LogP contribution is -2.41. The van der Waals surface area contributed by atoms with Crippen LogP contribution in [-0.4, -0.2) is 61.8 Å². The van der Waals surface area contributed by atoms with Crippen LogP contribution in [0.4, 0.5) is 0 Å². The monoisotopic (exact) mass is 346 g/mol. The number of hydrogen-bond donors (Lipinski definition) is 1. The number of likely N-dealkylation sites (tertiary alicyclic amines) is 1. The fourth-order valence-electron chi connectivity index (χ4n) is 3.50. The average molecular weight is 347 g/mol. The normalized spacial score (nSPS) is 22.0. The largest absolute Gasteiger partial charge is 0.356 e. The van der Waals surface area contributed by atoms with Crippen LogP contribution in [0.15, 0.2) is 34.2 Å². The lowest BCUT2D eigenvalue weighted by Gasteiger charge is -2.24. The van der Waals surface area contributed by atoms with Gasteiger partial charge < -0.3 is 15.1 Å². The molecule has 1 atom stereocenters. The molecule has 24 heavy (non-hydrogen) atoms. The van der Waals surface area contributed by atoms with Crippen molar-refractivity contribution in [1.82, 2.24) is 15.1 Å². The molecule has 132 valence electrons. The van der Waals surface area contributed by atoms with Crippen LogP contribution in [0.3, 0.4) is 0 Å². The molecular formula is C19H30N4S. The molecule has 1 unspecified atom stereocenters. The Morgan fingerprint density at radius 1 is 1.29 bits per heavy atom. The van der Waals surface area contributed by atoms with Gasteiger partial charge in [-0.2, -0.15) is 0 Å². The zero-order chi connectivity index (χ0) is 16.9. The molecule has 1 heterocycles. The van der Waals surface area contributed by atoms with Gasteiger partial charge in [0.25, 0.3) is 0 Å². The fourth-order valence-corrected chi connectivity index (χ4v) is 3.91. The quantitative estimate of drug-likeness (QED) is 0.487. The number of benzene rings is 1. The lowest BCUT2D eigenvalue weighted by atomic mass is 10.1. The Morgan fingerprint density at radius 2 is 2.04 bits per heavy atom. The SMILES string of the molecule is CN=C(NCC1CCN(C2CC2)C1)N(C)Cc1ccc(SC)cc1. The molecule has 2 fully saturated rings. The Balaban J connectivity index is 1.46. The van der Waals surface area contributed by atoms with Gasteiger partial charge in [0.15, 0.2) is 5.96 Å². The van der Waals surface area contributed by atoms with Gasteiger partial charge in [-0.1, -0.05) is 12.1 Å². The van der Waals surface area contributed by atoms with Crippen molar-refractivity contribution in [3.63, 3.8) is 0 Å². The minimum Gasteiger partial charge on any atom is -0.356 e. The Bertz CT molecular complexity index is 553. The van der Waals surface area contributed by atoms with Crippen molar-refractivity contribution >= 4 is 17.7 Å². The highest BCUT2D eigenvalue weighted by atomic mass is 32.2. The van der Waals surface area contributed by atoms with E-state index in [1.165, 1.54) is 42.8 Å². The van der Waals surface area contributed by atoms with Gasteiger partial charge >= 0.3 is 0 Å². The van der Waals surface area contributed by atoms with Gasteiger partial charge in [0.1, 0.15) is 0 Å². The maximum Gasteiger partial charge on any atom is 0.193 e. The summed E-state index contributed by atoms with van der Waals surface area (Å²) in [5.41, 5.74) is 1.32. The summed E-state index contributed by atoms with van der Waals surface area (Å²) in [5.74, 6) is 1.76. The third-order valence-corrected chi connectivity index (χ3v) is 5.83. The summed E-state index contributed by atoms with van der Waals surface area (Å²) in [4.78, 5) is 10.7. The van der Waals surface area contributed by atoms with Crippen molar-refractivity contribution in [2.45, 2.75) is 36.7 Å². The molecule has 1 aromatic rings. The molecular weight excluding hydrogens is 316 g/mol. The Morgan fingerprint density at radius 3 is 2.67 bits per heavy atom. The van der Waals surface area contributed by atoms with E-state index in [4.69, 9.17) is 0 Å². The second kappa shape index (κ2) is 8.26. The van der Waals surface area contributed by atoms with Gasteiger partial charge in [0, 0.05) is 44.7 Å². The highest BCUT2D eigenvalue weighted by Gasteiger charge is 2.34. The predicted octanol–water partition coefficient (Wildman–Crippen LogP) is 2.90. The van der Waals surface area contributed by atoms with E-state index in [9.17, 15) is 0 Å². The summed E-state index contributed by atoms with van der Waals surface area (Å²) in [6.07, 6.45) is 6.26. The van der Waals surface area contributed by atoms with Crippen LogP contribution in [0.1, 0.15) is 24.8 Å². The van der Waals surface area contributed by atoms with Gasteiger partial charge in [-0.3, -0.25) is 4.99 Å². The topological polar surface area (TPSA) is 30.9 Å². The molecule has 0 bridgehead atoms. The third-order valence-electron chi connectivity index (χ3n) is 5.08. The van der Waals surface area contributed by atoms with Gasteiger partial charge in [0.05, 0.1) is 0 Å². The molecule has 0 radical (unpaired) electrons. The number of rotatable bonds is 6. The average Bonchev–Trinajstić information content (AvgIpc) is 3.35. The molecule has 2 aliphatic rings. The van der Waals surface area contributed by atoms with Crippen molar-refractivity contribution < 1.29 is 0 Å². The molecule has 1 saturated carbocycles. The summed E-state index contributed by atoms with van der Waals surface area (Å²) >= 11 is 1.78. The molecule has 0 aromatic heterocycles. The van der Waals surface area contributed by atoms with E-state index < -0.39 is 0 Å². The highest BCUT2D eigenvalue weighted by Crippen LogP contribution is 2.31. The second-order valence-electron chi connectivity index (χ2n) is 7.01. The summed E-state index contributed by atoms with van der Waals surface area (Å²) < 4.78 is 0. The molecule has 0 spiro atoms. The summed E-state index contributed by atoms with van der Waals surface area (Å²) in [6, 6.07) is 9.70. The molecule has 5 heteroatoms. The minimum atomic E-state index is 0.761. The van der Waals surface area contributed by atoms with Crippen LogP contribution in [0, 0.1) is 5.92 Å².